The van der Waals surface area contributed by atoms with Crippen LogP contribution in [0.25, 0.3) is 16.7 Å². The molecule has 1 aromatic carbocycles. The maximum Gasteiger partial charge on any atom is 0.329 e. The summed E-state index contributed by atoms with van der Waals surface area (Å²) < 4.78 is 18.1. The van der Waals surface area contributed by atoms with E-state index in [1.54, 1.807) is 58.3 Å². The number of carbonyl (C=O) groups excluding carboxylic acids is 4. The number of nitrogens with one attached hydrogen (secondary N) is 4. The molecule has 1 aliphatic rings. The molecule has 362 valence electrons. The first kappa shape index (κ1) is 50.1. The lowest BCUT2D eigenvalue weighted by atomic mass is 10.0. The molecule has 1 aliphatic carbocycles. The second-order valence-corrected chi connectivity index (χ2v) is 16.9. The molecule has 1 fully saturated rings. The molecule has 0 radical (unpaired) electrons. The maximum absolute atomic E-state index is 13.6. The summed E-state index contributed by atoms with van der Waals surface area (Å²) in [5.41, 5.74) is 10.5. The third-order valence-electron chi connectivity index (χ3n) is 11.7. The van der Waals surface area contributed by atoms with Gasteiger partial charge in [-0.3, -0.25) is 23.5 Å². The number of amides is 2. The first-order chi connectivity index (χ1) is 32.9. The van der Waals surface area contributed by atoms with Crippen LogP contribution in [0.5, 0.6) is 0 Å². The number of aryl methyl sites for hydroxylation is 2. The zero-order valence-corrected chi connectivity index (χ0v) is 38.9. The minimum absolute atomic E-state index is 0.116. The van der Waals surface area contributed by atoms with Crippen LogP contribution in [-0.2, 0) is 27.9 Å². The van der Waals surface area contributed by atoms with Crippen molar-refractivity contribution in [2.75, 3.05) is 42.7 Å². The zero-order valence-electron chi connectivity index (χ0n) is 38.9. The average molecular weight is 935 g/mol. The van der Waals surface area contributed by atoms with Crippen LogP contribution in [0.4, 0.5) is 21.7 Å². The van der Waals surface area contributed by atoms with E-state index in [0.717, 1.165) is 68.1 Å². The number of allylic oxidation sites excluding steroid dienone is 4. The van der Waals surface area contributed by atoms with Gasteiger partial charge in [0.05, 0.1) is 34.7 Å². The van der Waals surface area contributed by atoms with Gasteiger partial charge in [-0.1, -0.05) is 43.9 Å². The number of fused-ring (bicyclic) bond motifs is 2. The van der Waals surface area contributed by atoms with Gasteiger partial charge in [0, 0.05) is 77.4 Å². The van der Waals surface area contributed by atoms with E-state index < -0.39 is 24.2 Å². The summed E-state index contributed by atoms with van der Waals surface area (Å²) in [4.78, 5) is 72.9. The lowest BCUT2D eigenvalue weighted by Crippen LogP contribution is -2.36. The highest BCUT2D eigenvalue weighted by Gasteiger charge is 2.39. The Morgan fingerprint density at radius 3 is 2.54 bits per heavy atom. The normalized spacial score (nSPS) is 15.4. The van der Waals surface area contributed by atoms with E-state index in [0.29, 0.717) is 54.8 Å². The van der Waals surface area contributed by atoms with Crippen molar-refractivity contribution in [3.8, 4) is 0 Å². The third kappa shape index (κ3) is 13.2. The van der Waals surface area contributed by atoms with Crippen LogP contribution in [0.15, 0.2) is 95.6 Å². The molecule has 6 rings (SSSR count). The second kappa shape index (κ2) is 24.4. The summed E-state index contributed by atoms with van der Waals surface area (Å²) in [5.74, 6) is 6.46. The van der Waals surface area contributed by atoms with Crippen molar-refractivity contribution < 1.29 is 23.6 Å². The number of unbranched alkanes of at least 4 members (excludes halogenated alkanes) is 5. The number of hydrogen-bond donors (Lipinski definition) is 6. The van der Waals surface area contributed by atoms with Crippen LogP contribution in [0.3, 0.4) is 0 Å². The van der Waals surface area contributed by atoms with Gasteiger partial charge in [-0.05, 0) is 74.4 Å². The van der Waals surface area contributed by atoms with Crippen molar-refractivity contribution in [3.63, 3.8) is 0 Å². The summed E-state index contributed by atoms with van der Waals surface area (Å²) in [5, 5.41) is 17.9. The van der Waals surface area contributed by atoms with Crippen LogP contribution < -0.4 is 43.4 Å². The Hall–Kier alpha value is -7.35. The summed E-state index contributed by atoms with van der Waals surface area (Å²) in [6.07, 6.45) is 18.9. The minimum atomic E-state index is -1.08. The lowest BCUT2D eigenvalue weighted by molar-refractivity contribution is -0.124. The average Bonchev–Trinajstić information content (AvgIpc) is 3.74. The van der Waals surface area contributed by atoms with E-state index in [1.807, 2.05) is 43.4 Å². The third-order valence-corrected chi connectivity index (χ3v) is 11.7. The van der Waals surface area contributed by atoms with Crippen LogP contribution in [0.2, 0.25) is 0 Å². The van der Waals surface area contributed by atoms with Crippen LogP contribution in [0, 0.1) is 0 Å². The molecule has 3 atom stereocenters. The number of anilines is 3. The monoisotopic (exact) mass is 935 g/mol. The van der Waals surface area contributed by atoms with Gasteiger partial charge in [0.1, 0.15) is 24.3 Å². The van der Waals surface area contributed by atoms with E-state index in [2.05, 4.69) is 36.3 Å². The van der Waals surface area contributed by atoms with Gasteiger partial charge in [-0.2, -0.15) is 0 Å². The van der Waals surface area contributed by atoms with Crippen LogP contribution in [-0.4, -0.2) is 97.5 Å². The standard InChI is InChI=1S/C48H63FN14O5/c1-52-46(66)40(21-15-27-64)62-39-20-12-17-33(44(39)60(3)48(62)68)16-8-6-4-5-7-11-26-61(51)31-34(50)18-13-24-53-38-29-42(56-35(32-65)19-14-25-59(2)43-22-9-10-23-54-43)58-63-41(30-55-45(38)63)47(67)57-37-28-36(37)49/h9-10,12,14,17,19-20,22-23,25,27,29-32,36-37,40,53H,4-8,11,13,15-16,18,21,24,26,28,50-51H2,1-3H3,(H,52,66)(H,56,58)(H,57,67)/b25-14-,34-31-,35-19+/t36-,37+,40?/m0/s1. The van der Waals surface area contributed by atoms with E-state index in [1.165, 1.54) is 22.3 Å². The molecule has 8 N–H and O–H groups in total. The minimum Gasteiger partial charge on any atom is -0.401 e. The number of aromatic nitrogens is 6. The van der Waals surface area contributed by atoms with Gasteiger partial charge in [0.25, 0.3) is 5.91 Å². The molecule has 68 heavy (non-hydrogen) atoms. The molecule has 2 amide bonds. The van der Waals surface area contributed by atoms with Gasteiger partial charge in [0.2, 0.25) is 5.91 Å². The topological polar surface area (TPSA) is 245 Å². The fraction of sp³-hybridized carbons (Fsp3) is 0.417. The van der Waals surface area contributed by atoms with E-state index in [4.69, 9.17) is 11.6 Å². The smallest absolute Gasteiger partial charge is 0.329 e. The number of hydrazine groups is 1. The highest BCUT2D eigenvalue weighted by Crippen LogP contribution is 2.27. The van der Waals surface area contributed by atoms with Crippen LogP contribution >= 0.6 is 0 Å². The molecule has 4 heterocycles. The van der Waals surface area contributed by atoms with E-state index in [-0.39, 0.29) is 48.1 Å². The lowest BCUT2D eigenvalue weighted by Gasteiger charge is -2.16. The first-order valence-corrected chi connectivity index (χ1v) is 23.1. The predicted octanol–water partition coefficient (Wildman–Crippen LogP) is 4.78. The Labute approximate surface area is 394 Å². The van der Waals surface area contributed by atoms with Gasteiger partial charge in [-0.15, -0.1) is 5.10 Å². The number of aldehydes is 2. The van der Waals surface area contributed by atoms with E-state index in [9.17, 15) is 28.4 Å². The Morgan fingerprint density at radius 2 is 1.82 bits per heavy atom. The molecular weight excluding hydrogens is 872 g/mol. The predicted molar refractivity (Wildman–Crippen MR) is 261 cm³/mol. The quantitative estimate of drug-likeness (QED) is 0.00988. The number of likely N-dealkylation sites (N-methyl/N-ethyl adjacent to an activating group) is 1. The van der Waals surface area contributed by atoms with Crippen molar-refractivity contribution in [2.24, 2.45) is 18.6 Å². The van der Waals surface area contributed by atoms with Crippen molar-refractivity contribution in [1.29, 1.82) is 0 Å². The molecule has 5 aromatic rings. The number of nitrogens with zero attached hydrogens (tertiary/aromatic N) is 8. The number of pyridine rings is 1. The summed E-state index contributed by atoms with van der Waals surface area (Å²) in [6, 6.07) is 11.7. The number of benzene rings is 1. The number of carbonyl (C=O) groups is 4. The summed E-state index contributed by atoms with van der Waals surface area (Å²) in [6.45, 7) is 1.13. The number of para-hydroxylation sites is 1. The van der Waals surface area contributed by atoms with Crippen molar-refractivity contribution in [3.05, 3.63) is 113 Å². The van der Waals surface area contributed by atoms with Crippen molar-refractivity contribution >= 4 is 58.4 Å². The van der Waals surface area contributed by atoms with Crippen LogP contribution in [0.1, 0.15) is 92.7 Å². The molecule has 0 bridgehead atoms. The van der Waals surface area contributed by atoms with Gasteiger partial charge in [-0.25, -0.2) is 29.5 Å². The highest BCUT2D eigenvalue weighted by atomic mass is 19.1. The number of nitrogens with two attached hydrogens (primary N) is 2. The summed E-state index contributed by atoms with van der Waals surface area (Å²) >= 11 is 0. The summed E-state index contributed by atoms with van der Waals surface area (Å²) in [7, 11) is 5.09. The molecular formula is C48H63FN14O5. The molecule has 0 aliphatic heterocycles. The Morgan fingerprint density at radius 1 is 1.04 bits per heavy atom. The van der Waals surface area contributed by atoms with Gasteiger partial charge in [0.15, 0.2) is 23.4 Å². The van der Waals surface area contributed by atoms with E-state index >= 15 is 0 Å². The Kier molecular flexibility index (Phi) is 18.0. The second-order valence-electron chi connectivity index (χ2n) is 16.9. The Balaban J connectivity index is 0.956. The molecule has 1 unspecified atom stereocenters. The fourth-order valence-corrected chi connectivity index (χ4v) is 8.01. The molecule has 1 saturated carbocycles. The Bertz CT molecular complexity index is 2670. The molecule has 4 aromatic heterocycles. The van der Waals surface area contributed by atoms with Gasteiger partial charge >= 0.3 is 5.69 Å². The SMILES string of the molecule is CNC(=O)C(CCC=O)n1c(=O)n(C)c2c(CCCCCCCCN(N)/C=C(\N)CCCNc3cc(N/C(C=O)=C/C=C\N(C)c4ccccn4)nn4c(C(=O)N[C@@H]5C[C@@H]5F)cnc34)cccc21. The number of halogens is 1. The first-order valence-electron chi connectivity index (χ1n) is 23.1. The number of imidazole rings is 2. The van der Waals surface area contributed by atoms with Gasteiger partial charge < -0.3 is 41.7 Å². The largest absolute Gasteiger partial charge is 0.401 e. The number of alkyl halides is 1. The molecule has 0 saturated heterocycles. The maximum atomic E-state index is 13.6. The van der Waals surface area contributed by atoms with Crippen molar-refractivity contribution in [2.45, 2.75) is 95.3 Å². The highest BCUT2D eigenvalue weighted by molar-refractivity contribution is 5.94. The number of hydrogen-bond acceptors (Lipinski definition) is 14. The zero-order chi connectivity index (χ0) is 48.6. The molecule has 20 heteroatoms. The molecule has 19 nitrogen and oxygen atoms in total. The van der Waals surface area contributed by atoms with Crippen molar-refractivity contribution in [1.82, 2.24) is 44.4 Å². The number of rotatable bonds is 28. The fourth-order valence-electron chi connectivity index (χ4n) is 8.01. The molecule has 0 spiro atoms.